The number of carbonyl (C=O) groups excluding carboxylic acids is 2. The molecule has 1 fully saturated rings. The van der Waals surface area contributed by atoms with Crippen LogP contribution in [0.25, 0.3) is 0 Å². The number of methoxy groups -OCH3 is 2. The van der Waals surface area contributed by atoms with Gasteiger partial charge in [0.15, 0.2) is 11.5 Å². The first-order valence-electron chi connectivity index (χ1n) is 9.75. The third-order valence-electron chi connectivity index (χ3n) is 5.23. The summed E-state index contributed by atoms with van der Waals surface area (Å²) in [5.74, 6) is -0.176. The Balaban J connectivity index is 1.54. The van der Waals surface area contributed by atoms with Gasteiger partial charge in [0.1, 0.15) is 5.69 Å². The Labute approximate surface area is 179 Å². The van der Waals surface area contributed by atoms with Gasteiger partial charge in [-0.05, 0) is 37.1 Å². The number of carbonyl (C=O) groups is 2. The molecule has 0 unspecified atom stereocenters. The average Bonchev–Trinajstić information content (AvgIpc) is 2.81. The van der Waals surface area contributed by atoms with Crippen molar-refractivity contribution in [3.63, 3.8) is 0 Å². The fourth-order valence-corrected chi connectivity index (χ4v) is 3.54. The molecule has 10 nitrogen and oxygen atoms in total. The molecule has 3 rings (SSSR count). The lowest BCUT2D eigenvalue weighted by molar-refractivity contribution is -0.384. The first-order valence-corrected chi connectivity index (χ1v) is 9.75. The Morgan fingerprint density at radius 1 is 1.03 bits per heavy atom. The summed E-state index contributed by atoms with van der Waals surface area (Å²) in [6.07, 6.45) is 1.04. The lowest BCUT2D eigenvalue weighted by atomic mass is 9.95. The van der Waals surface area contributed by atoms with E-state index in [9.17, 15) is 19.7 Å². The van der Waals surface area contributed by atoms with E-state index in [1.54, 1.807) is 30.3 Å². The maximum Gasteiger partial charge on any atom is 0.292 e. The second-order valence-electron chi connectivity index (χ2n) is 7.02. The highest BCUT2D eigenvalue weighted by atomic mass is 16.6. The van der Waals surface area contributed by atoms with E-state index < -0.39 is 10.8 Å². The molecule has 0 spiro atoms. The molecule has 2 aromatic carbocycles. The number of nitrogens with one attached hydrogen (secondary N) is 2. The minimum Gasteiger partial charge on any atom is -0.493 e. The van der Waals surface area contributed by atoms with E-state index in [0.29, 0.717) is 48.7 Å². The highest BCUT2D eigenvalue weighted by Crippen LogP contribution is 2.31. The Bertz CT molecular complexity index is 972. The second kappa shape index (κ2) is 9.79. The number of nitro benzene ring substituents is 1. The van der Waals surface area contributed by atoms with Crippen LogP contribution < -0.4 is 25.2 Å². The van der Waals surface area contributed by atoms with Crippen LogP contribution in [0.2, 0.25) is 0 Å². The number of piperidine rings is 1. The molecular formula is C21H24N4O6. The summed E-state index contributed by atoms with van der Waals surface area (Å²) in [4.78, 5) is 37.6. The molecule has 0 atom stereocenters. The summed E-state index contributed by atoms with van der Waals surface area (Å²) in [5, 5.41) is 11.2. The van der Waals surface area contributed by atoms with E-state index in [1.165, 1.54) is 26.4 Å². The average molecular weight is 428 g/mol. The molecule has 10 heteroatoms. The molecule has 1 heterocycles. The van der Waals surface area contributed by atoms with Crippen molar-refractivity contribution in [1.82, 2.24) is 10.9 Å². The van der Waals surface area contributed by atoms with E-state index in [-0.39, 0.29) is 17.5 Å². The predicted molar refractivity (Wildman–Crippen MR) is 113 cm³/mol. The summed E-state index contributed by atoms with van der Waals surface area (Å²) < 4.78 is 10.3. The first kappa shape index (κ1) is 21.9. The second-order valence-corrected chi connectivity index (χ2v) is 7.02. The standard InChI is InChI=1S/C21H24N4O6/c1-30-18-8-7-15(13-19(18)31-2)21(27)23-22-20(26)14-9-11-24(12-10-14)16-5-3-4-6-17(16)25(28)29/h3-8,13-14H,9-12H2,1-2H3,(H,22,26)(H,23,27). The third-order valence-corrected chi connectivity index (χ3v) is 5.23. The fourth-order valence-electron chi connectivity index (χ4n) is 3.54. The normalized spacial score (nSPS) is 13.9. The number of anilines is 1. The van der Waals surface area contributed by atoms with Crippen LogP contribution >= 0.6 is 0 Å². The van der Waals surface area contributed by atoms with E-state index >= 15 is 0 Å². The topological polar surface area (TPSA) is 123 Å². The van der Waals surface area contributed by atoms with Crippen molar-refractivity contribution >= 4 is 23.2 Å². The van der Waals surface area contributed by atoms with Crippen LogP contribution in [0.5, 0.6) is 11.5 Å². The molecule has 1 aliphatic heterocycles. The van der Waals surface area contributed by atoms with E-state index in [1.807, 2.05) is 4.90 Å². The third kappa shape index (κ3) is 5.03. The van der Waals surface area contributed by atoms with Gasteiger partial charge in [-0.15, -0.1) is 0 Å². The van der Waals surface area contributed by atoms with Crippen molar-refractivity contribution in [3.05, 3.63) is 58.1 Å². The molecule has 2 amide bonds. The Morgan fingerprint density at radius 3 is 2.35 bits per heavy atom. The Morgan fingerprint density at radius 2 is 1.71 bits per heavy atom. The van der Waals surface area contributed by atoms with Crippen LogP contribution in [0.1, 0.15) is 23.2 Å². The molecule has 164 valence electrons. The lowest BCUT2D eigenvalue weighted by Gasteiger charge is -2.32. The number of para-hydroxylation sites is 2. The number of ether oxygens (including phenoxy) is 2. The van der Waals surface area contributed by atoms with Crippen molar-refractivity contribution in [1.29, 1.82) is 0 Å². The van der Waals surface area contributed by atoms with Gasteiger partial charge in [-0.3, -0.25) is 30.6 Å². The molecule has 0 bridgehead atoms. The number of hydrazine groups is 1. The minimum absolute atomic E-state index is 0.0487. The molecular weight excluding hydrogens is 404 g/mol. The van der Waals surface area contributed by atoms with Crippen molar-refractivity contribution in [2.24, 2.45) is 5.92 Å². The van der Waals surface area contributed by atoms with E-state index in [0.717, 1.165) is 0 Å². The molecule has 0 saturated carbocycles. The van der Waals surface area contributed by atoms with Gasteiger partial charge in [0.2, 0.25) is 5.91 Å². The lowest BCUT2D eigenvalue weighted by Crippen LogP contribution is -2.47. The van der Waals surface area contributed by atoms with E-state index in [4.69, 9.17) is 9.47 Å². The van der Waals surface area contributed by atoms with Crippen LogP contribution in [0, 0.1) is 16.0 Å². The number of hydrogen-bond donors (Lipinski definition) is 2. The predicted octanol–water partition coefficient (Wildman–Crippen LogP) is 2.29. The zero-order valence-corrected chi connectivity index (χ0v) is 17.3. The van der Waals surface area contributed by atoms with Gasteiger partial charge in [-0.25, -0.2) is 0 Å². The fraction of sp³-hybridized carbons (Fsp3) is 0.333. The van der Waals surface area contributed by atoms with Gasteiger partial charge < -0.3 is 14.4 Å². The molecule has 1 saturated heterocycles. The molecule has 0 aliphatic carbocycles. The smallest absolute Gasteiger partial charge is 0.292 e. The van der Waals surface area contributed by atoms with Crippen molar-refractivity contribution in [2.45, 2.75) is 12.8 Å². The maximum atomic E-state index is 12.5. The van der Waals surface area contributed by atoms with Crippen LogP contribution in [-0.4, -0.2) is 44.0 Å². The van der Waals surface area contributed by atoms with Gasteiger partial charge in [0.05, 0.1) is 19.1 Å². The number of nitrogens with zero attached hydrogens (tertiary/aromatic N) is 2. The van der Waals surface area contributed by atoms with Crippen LogP contribution in [0.3, 0.4) is 0 Å². The number of amides is 2. The van der Waals surface area contributed by atoms with Gasteiger partial charge in [0, 0.05) is 30.6 Å². The minimum atomic E-state index is -0.480. The Kier molecular flexibility index (Phi) is 6.91. The monoisotopic (exact) mass is 428 g/mol. The van der Waals surface area contributed by atoms with Gasteiger partial charge in [-0.1, -0.05) is 12.1 Å². The molecule has 2 aromatic rings. The van der Waals surface area contributed by atoms with Gasteiger partial charge in [0.25, 0.3) is 11.6 Å². The summed E-state index contributed by atoms with van der Waals surface area (Å²) in [7, 11) is 2.97. The number of rotatable bonds is 6. The molecule has 0 radical (unpaired) electrons. The highest BCUT2D eigenvalue weighted by molar-refractivity contribution is 5.96. The van der Waals surface area contributed by atoms with Crippen molar-refractivity contribution in [3.8, 4) is 11.5 Å². The van der Waals surface area contributed by atoms with Crippen LogP contribution in [-0.2, 0) is 4.79 Å². The maximum absolute atomic E-state index is 12.5. The molecule has 0 aromatic heterocycles. The summed E-state index contributed by atoms with van der Waals surface area (Å²) in [6.45, 7) is 1.01. The Hall–Kier alpha value is -3.82. The number of benzene rings is 2. The quantitative estimate of drug-likeness (QED) is 0.534. The molecule has 1 aliphatic rings. The van der Waals surface area contributed by atoms with Crippen LogP contribution in [0.15, 0.2) is 42.5 Å². The van der Waals surface area contributed by atoms with Gasteiger partial charge in [-0.2, -0.15) is 0 Å². The first-order chi connectivity index (χ1) is 14.9. The van der Waals surface area contributed by atoms with Crippen LogP contribution in [0.4, 0.5) is 11.4 Å². The zero-order valence-electron chi connectivity index (χ0n) is 17.3. The van der Waals surface area contributed by atoms with Crippen molar-refractivity contribution < 1.29 is 24.0 Å². The summed E-state index contributed by atoms with van der Waals surface area (Å²) >= 11 is 0. The zero-order chi connectivity index (χ0) is 22.4. The SMILES string of the molecule is COc1ccc(C(=O)NNC(=O)C2CCN(c3ccccc3[N+](=O)[O-])CC2)cc1OC. The summed E-state index contributed by atoms with van der Waals surface area (Å²) in [5.41, 5.74) is 5.78. The molecule has 31 heavy (non-hydrogen) atoms. The number of hydrogen-bond acceptors (Lipinski definition) is 7. The molecule has 2 N–H and O–H groups in total. The van der Waals surface area contributed by atoms with E-state index in [2.05, 4.69) is 10.9 Å². The number of nitro groups is 1. The van der Waals surface area contributed by atoms with Crippen molar-refractivity contribution in [2.75, 3.05) is 32.2 Å². The summed E-state index contributed by atoms with van der Waals surface area (Å²) in [6, 6.07) is 11.3. The highest BCUT2D eigenvalue weighted by Gasteiger charge is 2.28. The van der Waals surface area contributed by atoms with Gasteiger partial charge >= 0.3 is 0 Å². The largest absolute Gasteiger partial charge is 0.493 e.